The van der Waals surface area contributed by atoms with Gasteiger partial charge in [0.25, 0.3) is 5.91 Å². The minimum absolute atomic E-state index is 0.0142. The molecule has 0 aromatic heterocycles. The summed E-state index contributed by atoms with van der Waals surface area (Å²) >= 11 is 0. The van der Waals surface area contributed by atoms with Crippen molar-refractivity contribution in [3.63, 3.8) is 0 Å². The van der Waals surface area contributed by atoms with Gasteiger partial charge in [0.05, 0.1) is 11.1 Å². The van der Waals surface area contributed by atoms with Gasteiger partial charge in [-0.15, -0.1) is 0 Å². The van der Waals surface area contributed by atoms with Crippen molar-refractivity contribution in [3.8, 4) is 0 Å². The van der Waals surface area contributed by atoms with Crippen LogP contribution in [0.2, 0.25) is 0 Å². The first-order chi connectivity index (χ1) is 9.75. The van der Waals surface area contributed by atoms with E-state index in [1.807, 2.05) is 0 Å². The molecule has 21 heavy (non-hydrogen) atoms. The molecule has 5 nitrogen and oxygen atoms in total. The Morgan fingerprint density at radius 1 is 1.24 bits per heavy atom. The molecule has 0 aliphatic heterocycles. The predicted octanol–water partition coefficient (Wildman–Crippen LogP) is 1.54. The number of anilines is 1. The van der Waals surface area contributed by atoms with E-state index >= 15 is 0 Å². The van der Waals surface area contributed by atoms with Gasteiger partial charge in [-0.25, -0.2) is 0 Å². The SMILES string of the molecule is CCNC(=O)CCNC(=O)c1cc(C(F)(F)F)ccc1N. The number of amides is 2. The first-order valence-electron chi connectivity index (χ1n) is 6.27. The van der Waals surface area contributed by atoms with E-state index in [-0.39, 0.29) is 30.1 Å². The molecule has 0 aliphatic carbocycles. The van der Waals surface area contributed by atoms with Gasteiger partial charge in [-0.05, 0) is 25.1 Å². The highest BCUT2D eigenvalue weighted by Crippen LogP contribution is 2.31. The normalized spacial score (nSPS) is 11.0. The third-order valence-corrected chi connectivity index (χ3v) is 2.64. The standard InChI is InChI=1S/C13H16F3N3O2/c1-2-18-11(20)5-6-19-12(21)9-7-8(13(14,15)16)3-4-10(9)17/h3-4,7H,2,5-6,17H2,1H3,(H,18,20)(H,19,21). The minimum Gasteiger partial charge on any atom is -0.398 e. The molecule has 1 aromatic rings. The predicted molar refractivity (Wildman–Crippen MR) is 71.5 cm³/mol. The summed E-state index contributed by atoms with van der Waals surface area (Å²) in [4.78, 5) is 23.0. The molecule has 0 fully saturated rings. The van der Waals surface area contributed by atoms with E-state index in [0.29, 0.717) is 12.6 Å². The van der Waals surface area contributed by atoms with Crippen molar-refractivity contribution in [2.24, 2.45) is 0 Å². The van der Waals surface area contributed by atoms with Gasteiger partial charge < -0.3 is 16.4 Å². The molecule has 1 aromatic carbocycles. The van der Waals surface area contributed by atoms with Gasteiger partial charge in [0, 0.05) is 25.2 Å². The van der Waals surface area contributed by atoms with Crippen LogP contribution in [0.1, 0.15) is 29.3 Å². The fourth-order valence-electron chi connectivity index (χ4n) is 1.60. The van der Waals surface area contributed by atoms with E-state index in [1.165, 1.54) is 0 Å². The van der Waals surface area contributed by atoms with E-state index in [2.05, 4.69) is 10.6 Å². The van der Waals surface area contributed by atoms with Crippen LogP contribution in [0.5, 0.6) is 0 Å². The van der Waals surface area contributed by atoms with Crippen LogP contribution in [-0.2, 0) is 11.0 Å². The zero-order valence-electron chi connectivity index (χ0n) is 11.4. The number of benzene rings is 1. The fraction of sp³-hybridized carbons (Fsp3) is 0.385. The largest absolute Gasteiger partial charge is 0.416 e. The first kappa shape index (κ1) is 16.8. The van der Waals surface area contributed by atoms with E-state index < -0.39 is 17.6 Å². The Labute approximate surface area is 119 Å². The molecule has 0 bridgehead atoms. The molecule has 0 atom stereocenters. The smallest absolute Gasteiger partial charge is 0.398 e. The van der Waals surface area contributed by atoms with Crippen molar-refractivity contribution in [1.29, 1.82) is 0 Å². The van der Waals surface area contributed by atoms with Gasteiger partial charge in [0.2, 0.25) is 5.91 Å². The summed E-state index contributed by atoms with van der Waals surface area (Å²) < 4.78 is 37.7. The van der Waals surface area contributed by atoms with Crippen LogP contribution in [0.3, 0.4) is 0 Å². The summed E-state index contributed by atoms with van der Waals surface area (Å²) in [5.41, 5.74) is 4.23. The highest BCUT2D eigenvalue weighted by atomic mass is 19.4. The molecular weight excluding hydrogens is 287 g/mol. The maximum atomic E-state index is 12.6. The third-order valence-electron chi connectivity index (χ3n) is 2.64. The Bertz CT molecular complexity index is 530. The molecule has 0 saturated carbocycles. The number of alkyl halides is 3. The van der Waals surface area contributed by atoms with Crippen LogP contribution in [0.15, 0.2) is 18.2 Å². The lowest BCUT2D eigenvalue weighted by Crippen LogP contribution is -2.31. The van der Waals surface area contributed by atoms with Crippen LogP contribution in [0, 0.1) is 0 Å². The Hall–Kier alpha value is -2.25. The number of halogens is 3. The van der Waals surface area contributed by atoms with E-state index in [0.717, 1.165) is 12.1 Å². The quantitative estimate of drug-likeness (QED) is 0.721. The molecule has 0 heterocycles. The first-order valence-corrected chi connectivity index (χ1v) is 6.27. The van der Waals surface area contributed by atoms with Crippen molar-refractivity contribution in [3.05, 3.63) is 29.3 Å². The van der Waals surface area contributed by atoms with Crippen LogP contribution in [-0.4, -0.2) is 24.9 Å². The molecule has 116 valence electrons. The van der Waals surface area contributed by atoms with E-state index in [1.54, 1.807) is 6.92 Å². The highest BCUT2D eigenvalue weighted by Gasteiger charge is 2.31. The molecule has 0 radical (unpaired) electrons. The topological polar surface area (TPSA) is 84.2 Å². The molecular formula is C13H16F3N3O2. The maximum Gasteiger partial charge on any atom is 0.416 e. The minimum atomic E-state index is -4.55. The summed E-state index contributed by atoms with van der Waals surface area (Å²) in [5.74, 6) is -1.00. The average molecular weight is 303 g/mol. The number of hydrogen-bond acceptors (Lipinski definition) is 3. The summed E-state index contributed by atoms with van der Waals surface area (Å²) in [7, 11) is 0. The lowest BCUT2D eigenvalue weighted by atomic mass is 10.1. The van der Waals surface area contributed by atoms with E-state index in [4.69, 9.17) is 5.73 Å². The van der Waals surface area contributed by atoms with Crippen LogP contribution in [0.4, 0.5) is 18.9 Å². The summed E-state index contributed by atoms with van der Waals surface area (Å²) in [6.07, 6.45) is -4.51. The number of nitrogens with one attached hydrogen (secondary N) is 2. The molecule has 1 rings (SSSR count). The Morgan fingerprint density at radius 3 is 2.48 bits per heavy atom. The monoisotopic (exact) mass is 303 g/mol. The maximum absolute atomic E-state index is 12.6. The van der Waals surface area contributed by atoms with Crippen molar-refractivity contribution < 1.29 is 22.8 Å². The van der Waals surface area contributed by atoms with Gasteiger partial charge in [-0.2, -0.15) is 13.2 Å². The molecule has 0 saturated heterocycles. The van der Waals surface area contributed by atoms with Gasteiger partial charge in [-0.3, -0.25) is 9.59 Å². The summed E-state index contributed by atoms with van der Waals surface area (Å²) in [6.45, 7) is 2.23. The summed E-state index contributed by atoms with van der Waals surface area (Å²) in [5, 5.41) is 4.90. The van der Waals surface area contributed by atoms with Crippen molar-refractivity contribution >= 4 is 17.5 Å². The Kier molecular flexibility index (Phi) is 5.57. The molecule has 0 spiro atoms. The lowest BCUT2D eigenvalue weighted by Gasteiger charge is -2.11. The Balaban J connectivity index is 2.72. The number of carbonyl (C=O) groups is 2. The number of nitrogen functional groups attached to an aromatic ring is 1. The zero-order chi connectivity index (χ0) is 16.0. The number of carbonyl (C=O) groups excluding carboxylic acids is 2. The second-order valence-electron chi connectivity index (χ2n) is 4.26. The zero-order valence-corrected chi connectivity index (χ0v) is 11.4. The number of nitrogens with two attached hydrogens (primary N) is 1. The van der Waals surface area contributed by atoms with Crippen molar-refractivity contribution in [2.45, 2.75) is 19.5 Å². The van der Waals surface area contributed by atoms with Crippen LogP contribution >= 0.6 is 0 Å². The van der Waals surface area contributed by atoms with E-state index in [9.17, 15) is 22.8 Å². The number of hydrogen-bond donors (Lipinski definition) is 3. The van der Waals surface area contributed by atoms with Gasteiger partial charge in [0.15, 0.2) is 0 Å². The molecule has 8 heteroatoms. The third kappa shape index (κ3) is 4.97. The Morgan fingerprint density at radius 2 is 1.90 bits per heavy atom. The second kappa shape index (κ2) is 6.96. The highest BCUT2D eigenvalue weighted by molar-refractivity contribution is 5.99. The molecule has 0 aliphatic rings. The second-order valence-corrected chi connectivity index (χ2v) is 4.26. The fourth-order valence-corrected chi connectivity index (χ4v) is 1.60. The van der Waals surface area contributed by atoms with Crippen LogP contribution in [0.25, 0.3) is 0 Å². The lowest BCUT2D eigenvalue weighted by molar-refractivity contribution is -0.137. The van der Waals surface area contributed by atoms with Gasteiger partial charge in [-0.1, -0.05) is 0 Å². The van der Waals surface area contributed by atoms with Crippen molar-refractivity contribution in [2.75, 3.05) is 18.8 Å². The summed E-state index contributed by atoms with van der Waals surface area (Å²) in [6, 6.07) is 2.53. The average Bonchev–Trinajstić information content (AvgIpc) is 2.38. The van der Waals surface area contributed by atoms with Gasteiger partial charge >= 0.3 is 6.18 Å². The molecule has 2 amide bonds. The number of rotatable bonds is 5. The van der Waals surface area contributed by atoms with Gasteiger partial charge in [0.1, 0.15) is 0 Å². The van der Waals surface area contributed by atoms with Crippen molar-refractivity contribution in [1.82, 2.24) is 10.6 Å². The molecule has 4 N–H and O–H groups in total. The molecule has 0 unspecified atom stereocenters. The van der Waals surface area contributed by atoms with Crippen LogP contribution < -0.4 is 16.4 Å².